The number of ether oxygens (including phenoxy) is 3. The Hall–Kier alpha value is -2.35. The van der Waals surface area contributed by atoms with E-state index < -0.39 is 0 Å². The van der Waals surface area contributed by atoms with E-state index in [2.05, 4.69) is 39.8 Å². The first-order valence-electron chi connectivity index (χ1n) is 9.56. The fourth-order valence-corrected chi connectivity index (χ4v) is 3.62. The van der Waals surface area contributed by atoms with Crippen molar-refractivity contribution in [3.63, 3.8) is 0 Å². The monoisotopic (exact) mass is 399 g/mol. The van der Waals surface area contributed by atoms with E-state index in [0.29, 0.717) is 11.7 Å². The summed E-state index contributed by atoms with van der Waals surface area (Å²) in [6.07, 6.45) is 0. The number of thiocarbonyl (C=S) groups is 1. The Morgan fingerprint density at radius 1 is 1.04 bits per heavy atom. The van der Waals surface area contributed by atoms with Gasteiger partial charge in [0.25, 0.3) is 0 Å². The summed E-state index contributed by atoms with van der Waals surface area (Å²) in [5.41, 5.74) is 2.32. The fourth-order valence-electron chi connectivity index (χ4n) is 3.40. The largest absolute Gasteiger partial charge is 0.454 e. The highest BCUT2D eigenvalue weighted by atomic mass is 32.1. The molecule has 1 atom stereocenters. The maximum absolute atomic E-state index is 5.58. The lowest BCUT2D eigenvalue weighted by Gasteiger charge is -2.31. The zero-order valence-electron chi connectivity index (χ0n) is 15.7. The molecule has 2 aromatic rings. The van der Waals surface area contributed by atoms with E-state index in [0.717, 1.165) is 49.9 Å². The van der Waals surface area contributed by atoms with Crippen molar-refractivity contribution in [2.75, 3.05) is 39.6 Å². The molecular weight excluding hydrogens is 374 g/mol. The molecule has 2 N–H and O–H groups in total. The van der Waals surface area contributed by atoms with E-state index >= 15 is 0 Å². The first-order chi connectivity index (χ1) is 13.8. The smallest absolute Gasteiger partial charge is 0.231 e. The molecular formula is C21H25N3O3S. The third-order valence-electron chi connectivity index (χ3n) is 4.94. The summed E-state index contributed by atoms with van der Waals surface area (Å²) < 4.78 is 16.3. The van der Waals surface area contributed by atoms with Crippen LogP contribution >= 0.6 is 12.2 Å². The van der Waals surface area contributed by atoms with Crippen molar-refractivity contribution < 1.29 is 14.2 Å². The van der Waals surface area contributed by atoms with Crippen molar-refractivity contribution in [3.05, 3.63) is 59.7 Å². The second kappa shape index (κ2) is 9.23. The normalized spacial score (nSPS) is 17.1. The lowest BCUT2D eigenvalue weighted by Crippen LogP contribution is -2.45. The Morgan fingerprint density at radius 3 is 2.64 bits per heavy atom. The summed E-state index contributed by atoms with van der Waals surface area (Å²) >= 11 is 5.58. The first kappa shape index (κ1) is 19.0. The molecule has 0 aromatic heterocycles. The van der Waals surface area contributed by atoms with Crippen LogP contribution in [0.2, 0.25) is 0 Å². The zero-order chi connectivity index (χ0) is 19.2. The number of hydrogen-bond donors (Lipinski definition) is 2. The number of nitrogens with zero attached hydrogens (tertiary/aromatic N) is 1. The molecule has 0 bridgehead atoms. The summed E-state index contributed by atoms with van der Waals surface area (Å²) in [6.45, 7) is 5.26. The summed E-state index contributed by atoms with van der Waals surface area (Å²) in [6, 6.07) is 16.5. The Bertz CT molecular complexity index is 797. The van der Waals surface area contributed by atoms with Gasteiger partial charge in [0, 0.05) is 26.2 Å². The third-order valence-corrected chi connectivity index (χ3v) is 5.20. The Morgan fingerprint density at radius 2 is 1.82 bits per heavy atom. The first-order valence-corrected chi connectivity index (χ1v) is 9.97. The molecule has 1 saturated heterocycles. The molecule has 7 heteroatoms. The minimum absolute atomic E-state index is 0.121. The van der Waals surface area contributed by atoms with Crippen LogP contribution in [0.25, 0.3) is 0 Å². The predicted octanol–water partition coefficient (Wildman–Crippen LogP) is 2.45. The highest BCUT2D eigenvalue weighted by Gasteiger charge is 2.19. The number of morpholine rings is 1. The van der Waals surface area contributed by atoms with Gasteiger partial charge < -0.3 is 24.8 Å². The van der Waals surface area contributed by atoms with Crippen LogP contribution in [0.3, 0.4) is 0 Å². The van der Waals surface area contributed by atoms with E-state index in [4.69, 9.17) is 26.4 Å². The SMILES string of the molecule is S=C(NCc1ccc2c(c1)OCO2)N[C@@H](CN1CCOCC1)c1ccccc1. The molecule has 0 aliphatic carbocycles. The van der Waals surface area contributed by atoms with Gasteiger partial charge in [-0.15, -0.1) is 0 Å². The fraction of sp³-hybridized carbons (Fsp3) is 0.381. The van der Waals surface area contributed by atoms with E-state index in [9.17, 15) is 0 Å². The van der Waals surface area contributed by atoms with Crippen molar-refractivity contribution in [3.8, 4) is 11.5 Å². The minimum atomic E-state index is 0.121. The van der Waals surface area contributed by atoms with Gasteiger partial charge in [-0.3, -0.25) is 4.90 Å². The summed E-state index contributed by atoms with van der Waals surface area (Å²) in [4.78, 5) is 2.41. The zero-order valence-corrected chi connectivity index (χ0v) is 16.5. The molecule has 2 aromatic carbocycles. The standard InChI is InChI=1S/C21H25N3O3S/c28-21(22-13-16-6-7-19-20(12-16)27-15-26-19)23-18(17-4-2-1-3-5-17)14-24-8-10-25-11-9-24/h1-7,12,18H,8-11,13-15H2,(H2,22,23,28)/t18-/m0/s1. The number of benzene rings is 2. The molecule has 0 saturated carbocycles. The molecule has 28 heavy (non-hydrogen) atoms. The van der Waals surface area contributed by atoms with Crippen molar-refractivity contribution in [1.29, 1.82) is 0 Å². The van der Waals surface area contributed by atoms with Crippen molar-refractivity contribution in [1.82, 2.24) is 15.5 Å². The van der Waals surface area contributed by atoms with E-state index in [-0.39, 0.29) is 12.8 Å². The summed E-state index contributed by atoms with van der Waals surface area (Å²) in [7, 11) is 0. The lowest BCUT2D eigenvalue weighted by atomic mass is 10.1. The van der Waals surface area contributed by atoms with Crippen LogP contribution in [0, 0.1) is 0 Å². The Labute approximate surface area is 170 Å². The average molecular weight is 400 g/mol. The topological polar surface area (TPSA) is 55.0 Å². The Balaban J connectivity index is 1.36. The summed E-state index contributed by atoms with van der Waals surface area (Å²) in [5.74, 6) is 1.58. The molecule has 148 valence electrons. The quantitative estimate of drug-likeness (QED) is 0.724. The van der Waals surface area contributed by atoms with Gasteiger partial charge in [-0.1, -0.05) is 36.4 Å². The van der Waals surface area contributed by atoms with E-state index in [1.54, 1.807) is 0 Å². The van der Waals surface area contributed by atoms with Crippen molar-refractivity contribution >= 4 is 17.3 Å². The van der Waals surface area contributed by atoms with E-state index in [1.165, 1.54) is 5.56 Å². The van der Waals surface area contributed by atoms with Crippen LogP contribution in [-0.2, 0) is 11.3 Å². The van der Waals surface area contributed by atoms with Crippen LogP contribution in [0.15, 0.2) is 48.5 Å². The Kier molecular flexibility index (Phi) is 6.26. The maximum atomic E-state index is 5.58. The molecule has 0 spiro atoms. The van der Waals surface area contributed by atoms with Gasteiger partial charge in [0.15, 0.2) is 16.6 Å². The molecule has 2 aliphatic rings. The molecule has 0 unspecified atom stereocenters. The van der Waals surface area contributed by atoms with Crippen molar-refractivity contribution in [2.24, 2.45) is 0 Å². The van der Waals surface area contributed by atoms with Gasteiger partial charge >= 0.3 is 0 Å². The lowest BCUT2D eigenvalue weighted by molar-refractivity contribution is 0.0343. The van der Waals surface area contributed by atoms with Gasteiger partial charge in [0.05, 0.1) is 19.3 Å². The second-order valence-corrected chi connectivity index (χ2v) is 7.30. The minimum Gasteiger partial charge on any atom is -0.454 e. The molecule has 6 nitrogen and oxygen atoms in total. The van der Waals surface area contributed by atoms with Gasteiger partial charge in [0.1, 0.15) is 0 Å². The second-order valence-electron chi connectivity index (χ2n) is 6.89. The van der Waals surface area contributed by atoms with Gasteiger partial charge in [-0.2, -0.15) is 0 Å². The highest BCUT2D eigenvalue weighted by molar-refractivity contribution is 7.80. The number of hydrogen-bond acceptors (Lipinski definition) is 5. The van der Waals surface area contributed by atoms with Crippen LogP contribution in [-0.4, -0.2) is 49.7 Å². The van der Waals surface area contributed by atoms with Crippen LogP contribution in [0.1, 0.15) is 17.2 Å². The molecule has 1 fully saturated rings. The van der Waals surface area contributed by atoms with Gasteiger partial charge in [0.2, 0.25) is 6.79 Å². The summed E-state index contributed by atoms with van der Waals surface area (Å²) in [5, 5.41) is 7.43. The third kappa shape index (κ3) is 4.92. The molecule has 2 aliphatic heterocycles. The van der Waals surface area contributed by atoms with Gasteiger partial charge in [-0.25, -0.2) is 0 Å². The maximum Gasteiger partial charge on any atom is 0.231 e. The average Bonchev–Trinajstić information content (AvgIpc) is 3.21. The van der Waals surface area contributed by atoms with Gasteiger partial charge in [-0.05, 0) is 35.5 Å². The predicted molar refractivity (Wildman–Crippen MR) is 112 cm³/mol. The van der Waals surface area contributed by atoms with Crippen LogP contribution in [0.5, 0.6) is 11.5 Å². The number of rotatable bonds is 6. The van der Waals surface area contributed by atoms with Crippen LogP contribution < -0.4 is 20.1 Å². The highest BCUT2D eigenvalue weighted by Crippen LogP contribution is 2.32. The number of nitrogens with one attached hydrogen (secondary N) is 2. The number of fused-ring (bicyclic) bond motifs is 1. The molecule has 2 heterocycles. The van der Waals surface area contributed by atoms with Crippen molar-refractivity contribution in [2.45, 2.75) is 12.6 Å². The molecule has 0 amide bonds. The van der Waals surface area contributed by atoms with E-state index in [1.807, 2.05) is 24.3 Å². The molecule has 4 rings (SSSR count). The molecule has 0 radical (unpaired) electrons. The van der Waals surface area contributed by atoms with Crippen LogP contribution in [0.4, 0.5) is 0 Å².